The van der Waals surface area contributed by atoms with Gasteiger partial charge in [0.1, 0.15) is 11.3 Å². The highest BCUT2D eigenvalue weighted by Gasteiger charge is 2.22. The maximum Gasteiger partial charge on any atom is 0.143 e. The van der Waals surface area contributed by atoms with E-state index in [1.54, 1.807) is 0 Å². The molecule has 38 heavy (non-hydrogen) atoms. The zero-order valence-corrected chi connectivity index (χ0v) is 24.2. The second-order valence-corrected chi connectivity index (χ2v) is 13.0. The van der Waals surface area contributed by atoms with Crippen molar-refractivity contribution in [2.45, 2.75) is 60.3 Å². The summed E-state index contributed by atoms with van der Waals surface area (Å²) in [5.74, 6) is 1.66. The van der Waals surface area contributed by atoms with E-state index in [0.717, 1.165) is 23.5 Å². The van der Waals surface area contributed by atoms with Gasteiger partial charge in [0, 0.05) is 34.0 Å². The Hall–Kier alpha value is -3.43. The predicted octanol–water partition coefficient (Wildman–Crippen LogP) is 10.6. The van der Waals surface area contributed by atoms with Gasteiger partial charge in [-0.2, -0.15) is 0 Å². The average molecular weight is 518 g/mol. The number of fused-ring (bicyclic) bond motifs is 3. The van der Waals surface area contributed by atoms with E-state index in [2.05, 4.69) is 109 Å². The first kappa shape index (κ1) is 24.9. The molecule has 0 spiro atoms. The van der Waals surface area contributed by atoms with Crippen LogP contribution in [0.2, 0.25) is 0 Å². The maximum absolute atomic E-state index is 6.55. The molecule has 0 saturated heterocycles. The van der Waals surface area contributed by atoms with E-state index in [0.29, 0.717) is 5.92 Å². The van der Waals surface area contributed by atoms with Crippen molar-refractivity contribution in [2.75, 3.05) is 0 Å². The standard InChI is InChI=1S/C35H35NOS/c1-20(2)17-30-21(3)25-13-10-14-28(32(25)37-30)33-22(4)26-15-16-36-31(34(26)38-33)24-18-23-11-8-9-12-27(23)29(19-24)35(5,6)7/h8-16,18-20H,17H2,1-7H3. The molecule has 3 aromatic heterocycles. The van der Waals surface area contributed by atoms with Crippen molar-refractivity contribution in [3.8, 4) is 21.7 Å². The van der Waals surface area contributed by atoms with Crippen LogP contribution < -0.4 is 0 Å². The molecule has 3 heteroatoms. The van der Waals surface area contributed by atoms with Gasteiger partial charge in [-0.3, -0.25) is 4.98 Å². The van der Waals surface area contributed by atoms with Gasteiger partial charge in [0.05, 0.1) is 10.4 Å². The molecule has 6 aromatic rings. The molecule has 0 saturated carbocycles. The van der Waals surface area contributed by atoms with Crippen molar-refractivity contribution in [3.05, 3.63) is 89.3 Å². The van der Waals surface area contributed by atoms with Gasteiger partial charge in [0.15, 0.2) is 0 Å². The number of aromatic nitrogens is 1. The lowest BCUT2D eigenvalue weighted by Crippen LogP contribution is -2.12. The van der Waals surface area contributed by atoms with Crippen molar-refractivity contribution in [1.82, 2.24) is 4.98 Å². The number of rotatable bonds is 4. The SMILES string of the molecule is Cc1c(CC(C)C)oc2c(-c3sc4c(-c5cc(C(C)(C)C)c6ccccc6c5)nccc4c3C)cccc12. The Morgan fingerprint density at radius 1 is 0.868 bits per heavy atom. The summed E-state index contributed by atoms with van der Waals surface area (Å²) in [7, 11) is 0. The molecular weight excluding hydrogens is 482 g/mol. The van der Waals surface area contributed by atoms with E-state index in [9.17, 15) is 0 Å². The number of pyridine rings is 1. The van der Waals surface area contributed by atoms with Crippen LogP contribution in [-0.2, 0) is 11.8 Å². The highest BCUT2D eigenvalue weighted by Crippen LogP contribution is 2.46. The van der Waals surface area contributed by atoms with Crippen molar-refractivity contribution >= 4 is 43.2 Å². The lowest BCUT2D eigenvalue weighted by molar-refractivity contribution is 0.497. The van der Waals surface area contributed by atoms with Crippen LogP contribution >= 0.6 is 11.3 Å². The lowest BCUT2D eigenvalue weighted by Gasteiger charge is -2.22. The van der Waals surface area contributed by atoms with Crippen molar-refractivity contribution < 1.29 is 4.42 Å². The highest BCUT2D eigenvalue weighted by molar-refractivity contribution is 7.23. The quantitative estimate of drug-likeness (QED) is 0.232. The lowest BCUT2D eigenvalue weighted by atomic mass is 9.82. The third-order valence-corrected chi connectivity index (χ3v) is 9.04. The molecule has 0 amide bonds. The molecule has 3 aromatic carbocycles. The van der Waals surface area contributed by atoms with Gasteiger partial charge in [-0.15, -0.1) is 11.3 Å². The van der Waals surface area contributed by atoms with Crippen LogP contribution in [0.4, 0.5) is 0 Å². The second kappa shape index (κ2) is 9.10. The van der Waals surface area contributed by atoms with Crippen LogP contribution in [-0.4, -0.2) is 4.98 Å². The smallest absolute Gasteiger partial charge is 0.143 e. The van der Waals surface area contributed by atoms with Gasteiger partial charge in [-0.1, -0.05) is 71.0 Å². The number of furan rings is 1. The fourth-order valence-electron chi connectivity index (χ4n) is 5.71. The van der Waals surface area contributed by atoms with Gasteiger partial charge in [0.2, 0.25) is 0 Å². The van der Waals surface area contributed by atoms with Crippen LogP contribution in [0.3, 0.4) is 0 Å². The van der Waals surface area contributed by atoms with Gasteiger partial charge in [-0.05, 0) is 82.3 Å². The highest BCUT2D eigenvalue weighted by atomic mass is 32.1. The minimum absolute atomic E-state index is 0.0283. The van der Waals surface area contributed by atoms with Crippen LogP contribution in [0.5, 0.6) is 0 Å². The van der Waals surface area contributed by atoms with E-state index in [1.165, 1.54) is 58.9 Å². The fraction of sp³-hybridized carbons (Fsp3) is 0.286. The molecule has 2 nitrogen and oxygen atoms in total. The van der Waals surface area contributed by atoms with Crippen molar-refractivity contribution in [2.24, 2.45) is 5.92 Å². The topological polar surface area (TPSA) is 26.0 Å². The molecule has 0 unspecified atom stereocenters. The number of para-hydroxylation sites is 1. The summed E-state index contributed by atoms with van der Waals surface area (Å²) >= 11 is 1.84. The molecule has 0 fully saturated rings. The number of nitrogens with zero attached hydrogens (tertiary/aromatic N) is 1. The van der Waals surface area contributed by atoms with Crippen LogP contribution in [0.15, 0.2) is 71.3 Å². The zero-order chi connectivity index (χ0) is 26.8. The Morgan fingerprint density at radius 3 is 2.39 bits per heavy atom. The fourth-order valence-corrected chi connectivity index (χ4v) is 7.05. The summed E-state index contributed by atoms with van der Waals surface area (Å²) in [5, 5.41) is 5.06. The number of aryl methyl sites for hydroxylation is 2. The second-order valence-electron chi connectivity index (χ2n) is 12.0. The van der Waals surface area contributed by atoms with E-state index in [1.807, 2.05) is 17.5 Å². The average Bonchev–Trinajstić information content (AvgIpc) is 3.38. The molecule has 0 radical (unpaired) electrons. The summed E-state index contributed by atoms with van der Waals surface area (Å²) in [6.07, 6.45) is 2.92. The zero-order valence-electron chi connectivity index (χ0n) is 23.4. The number of thiophene rings is 1. The molecule has 0 aliphatic rings. The summed E-state index contributed by atoms with van der Waals surface area (Å²) in [6.45, 7) is 15.8. The molecule has 0 bridgehead atoms. The number of hydrogen-bond donors (Lipinski definition) is 0. The van der Waals surface area contributed by atoms with Gasteiger partial charge < -0.3 is 4.42 Å². The minimum Gasteiger partial charge on any atom is -0.460 e. The van der Waals surface area contributed by atoms with E-state index in [-0.39, 0.29) is 5.41 Å². The molecule has 0 aliphatic carbocycles. The molecule has 0 atom stereocenters. The minimum atomic E-state index is 0.0283. The third kappa shape index (κ3) is 4.05. The molecule has 192 valence electrons. The summed E-state index contributed by atoms with van der Waals surface area (Å²) in [6, 6.07) is 22.1. The van der Waals surface area contributed by atoms with Gasteiger partial charge in [0.25, 0.3) is 0 Å². The Labute approximate surface area is 229 Å². The molecular formula is C35H35NOS. The third-order valence-electron chi connectivity index (χ3n) is 7.70. The predicted molar refractivity (Wildman–Crippen MR) is 164 cm³/mol. The van der Waals surface area contributed by atoms with Crippen LogP contribution in [0.1, 0.15) is 57.1 Å². The number of benzene rings is 3. The van der Waals surface area contributed by atoms with Gasteiger partial charge in [-0.25, -0.2) is 0 Å². The first-order valence-electron chi connectivity index (χ1n) is 13.6. The van der Waals surface area contributed by atoms with E-state index >= 15 is 0 Å². The Bertz CT molecular complexity index is 1830. The normalized spacial score (nSPS) is 12.4. The first-order valence-corrected chi connectivity index (χ1v) is 14.4. The van der Waals surface area contributed by atoms with Crippen molar-refractivity contribution in [3.63, 3.8) is 0 Å². The molecule has 0 aliphatic heterocycles. The van der Waals surface area contributed by atoms with E-state index in [4.69, 9.17) is 9.40 Å². The van der Waals surface area contributed by atoms with Gasteiger partial charge >= 0.3 is 0 Å². The summed E-state index contributed by atoms with van der Waals surface area (Å²) in [5.41, 5.74) is 8.36. The molecule has 6 rings (SSSR count). The Morgan fingerprint density at radius 2 is 1.63 bits per heavy atom. The Kier molecular flexibility index (Phi) is 5.96. The van der Waals surface area contributed by atoms with Crippen molar-refractivity contribution in [1.29, 1.82) is 0 Å². The molecule has 0 N–H and O–H groups in total. The largest absolute Gasteiger partial charge is 0.460 e. The molecule has 3 heterocycles. The first-order chi connectivity index (χ1) is 18.1. The monoisotopic (exact) mass is 517 g/mol. The number of hydrogen-bond acceptors (Lipinski definition) is 3. The maximum atomic E-state index is 6.55. The summed E-state index contributed by atoms with van der Waals surface area (Å²) < 4.78 is 7.79. The van der Waals surface area contributed by atoms with Crippen LogP contribution in [0.25, 0.3) is 53.5 Å². The summed E-state index contributed by atoms with van der Waals surface area (Å²) in [4.78, 5) is 6.22. The van der Waals surface area contributed by atoms with Crippen LogP contribution in [0, 0.1) is 19.8 Å². The Balaban J connectivity index is 1.58. The van der Waals surface area contributed by atoms with E-state index < -0.39 is 0 Å².